The molecule has 0 bridgehead atoms. The van der Waals surface area contributed by atoms with Crippen LogP contribution in [0.4, 0.5) is 0 Å². The van der Waals surface area contributed by atoms with Crippen molar-refractivity contribution in [1.29, 1.82) is 0 Å². The number of sulfonamides is 1. The third-order valence-corrected chi connectivity index (χ3v) is 5.29. The van der Waals surface area contributed by atoms with Gasteiger partial charge >= 0.3 is 0 Å². The number of nitrogens with one attached hydrogen (secondary N) is 2. The summed E-state index contributed by atoms with van der Waals surface area (Å²) in [7, 11) is -3.43. The lowest BCUT2D eigenvalue weighted by Gasteiger charge is -2.18. The van der Waals surface area contributed by atoms with E-state index in [1.54, 1.807) is 18.2 Å². The van der Waals surface area contributed by atoms with Crippen molar-refractivity contribution >= 4 is 22.4 Å². The number of halogens is 1. The van der Waals surface area contributed by atoms with Crippen LogP contribution in [0.3, 0.4) is 0 Å². The maximum atomic E-state index is 12.3. The zero-order valence-electron chi connectivity index (χ0n) is 11.8. The van der Waals surface area contributed by atoms with Crippen LogP contribution < -0.4 is 14.8 Å². The van der Waals surface area contributed by atoms with Gasteiger partial charge in [0.05, 0.1) is 11.5 Å². The van der Waals surface area contributed by atoms with Crippen LogP contribution in [0.2, 0.25) is 0 Å². The van der Waals surface area contributed by atoms with Gasteiger partial charge in [-0.25, -0.2) is 13.1 Å². The molecular formula is C14H21ClN2O3S. The predicted octanol–water partition coefficient (Wildman–Crippen LogP) is 1.46. The third-order valence-electron chi connectivity index (χ3n) is 3.87. The molecule has 1 aromatic carbocycles. The number of fused-ring (bicyclic) bond motifs is 1. The number of hydrogen-bond acceptors (Lipinski definition) is 4. The monoisotopic (exact) mass is 332 g/mol. The Kier molecular flexibility index (Phi) is 5.48. The summed E-state index contributed by atoms with van der Waals surface area (Å²) in [6.07, 6.45) is 3.96. The summed E-state index contributed by atoms with van der Waals surface area (Å²) in [5, 5.41) is 3.28. The Morgan fingerprint density at radius 3 is 2.95 bits per heavy atom. The van der Waals surface area contributed by atoms with Crippen LogP contribution in [0.5, 0.6) is 5.75 Å². The molecule has 0 saturated carbocycles. The first-order chi connectivity index (χ1) is 9.65. The van der Waals surface area contributed by atoms with Gasteiger partial charge in [-0.3, -0.25) is 0 Å². The summed E-state index contributed by atoms with van der Waals surface area (Å²) in [6.45, 7) is 2.14. The second-order valence-corrected chi connectivity index (χ2v) is 7.13. The van der Waals surface area contributed by atoms with Gasteiger partial charge in [-0.05, 0) is 56.0 Å². The van der Waals surface area contributed by atoms with Crippen LogP contribution >= 0.6 is 12.4 Å². The molecule has 1 aromatic rings. The fourth-order valence-electron chi connectivity index (χ4n) is 2.73. The Balaban J connectivity index is 0.00000161. The van der Waals surface area contributed by atoms with Crippen LogP contribution in [-0.4, -0.2) is 34.2 Å². The quantitative estimate of drug-likeness (QED) is 0.876. The van der Waals surface area contributed by atoms with E-state index in [1.165, 1.54) is 0 Å². The maximum Gasteiger partial charge on any atom is 0.240 e. The average Bonchev–Trinajstić information content (AvgIpc) is 2.98. The van der Waals surface area contributed by atoms with E-state index in [9.17, 15) is 8.42 Å². The molecule has 1 fully saturated rings. The molecule has 21 heavy (non-hydrogen) atoms. The fourth-order valence-corrected chi connectivity index (χ4v) is 3.86. The second kappa shape index (κ2) is 6.96. The number of benzene rings is 1. The van der Waals surface area contributed by atoms with Gasteiger partial charge in [0.25, 0.3) is 0 Å². The molecule has 0 aromatic heterocycles. The molecule has 1 atom stereocenters. The summed E-state index contributed by atoms with van der Waals surface area (Å²) < 4.78 is 32.8. The highest BCUT2D eigenvalue weighted by molar-refractivity contribution is 7.89. The van der Waals surface area contributed by atoms with E-state index in [0.717, 1.165) is 43.5 Å². The molecule has 2 aliphatic rings. The molecule has 2 N–H and O–H groups in total. The molecule has 7 heteroatoms. The Hall–Kier alpha value is -0.820. The van der Waals surface area contributed by atoms with E-state index < -0.39 is 10.0 Å². The molecular weight excluding hydrogens is 312 g/mol. The molecule has 1 saturated heterocycles. The lowest BCUT2D eigenvalue weighted by molar-refractivity contribution is 0.288. The number of aryl methyl sites for hydroxylation is 1. The van der Waals surface area contributed by atoms with Crippen LogP contribution in [0.15, 0.2) is 23.1 Å². The van der Waals surface area contributed by atoms with Gasteiger partial charge in [0.15, 0.2) is 0 Å². The molecule has 0 aliphatic carbocycles. The van der Waals surface area contributed by atoms with Crippen LogP contribution in [0, 0.1) is 0 Å². The Morgan fingerprint density at radius 1 is 1.33 bits per heavy atom. The Morgan fingerprint density at radius 2 is 2.19 bits per heavy atom. The van der Waals surface area contributed by atoms with Crippen LogP contribution in [-0.2, 0) is 16.4 Å². The minimum atomic E-state index is -3.43. The minimum Gasteiger partial charge on any atom is -0.493 e. The van der Waals surface area contributed by atoms with Crippen molar-refractivity contribution in [2.45, 2.75) is 36.6 Å². The van der Waals surface area contributed by atoms with E-state index in [4.69, 9.17) is 4.74 Å². The van der Waals surface area contributed by atoms with Crippen molar-refractivity contribution in [3.63, 3.8) is 0 Å². The highest BCUT2D eigenvalue weighted by atomic mass is 35.5. The minimum absolute atomic E-state index is 0. The smallest absolute Gasteiger partial charge is 0.240 e. The van der Waals surface area contributed by atoms with E-state index >= 15 is 0 Å². The third kappa shape index (κ3) is 3.88. The van der Waals surface area contributed by atoms with Gasteiger partial charge in [-0.15, -0.1) is 12.4 Å². The van der Waals surface area contributed by atoms with Gasteiger partial charge in [0.2, 0.25) is 10.0 Å². The van der Waals surface area contributed by atoms with Gasteiger partial charge in [-0.1, -0.05) is 0 Å². The molecule has 0 amide bonds. The van der Waals surface area contributed by atoms with Gasteiger partial charge in [0.1, 0.15) is 5.75 Å². The molecule has 0 spiro atoms. The molecule has 0 radical (unpaired) electrons. The zero-order valence-corrected chi connectivity index (χ0v) is 13.4. The van der Waals surface area contributed by atoms with Crippen molar-refractivity contribution in [3.05, 3.63) is 23.8 Å². The van der Waals surface area contributed by atoms with Gasteiger partial charge in [0, 0.05) is 12.6 Å². The molecule has 2 aliphatic heterocycles. The molecule has 2 heterocycles. The largest absolute Gasteiger partial charge is 0.493 e. The number of ether oxygens (including phenoxy) is 1. The van der Waals surface area contributed by atoms with Crippen molar-refractivity contribution < 1.29 is 13.2 Å². The van der Waals surface area contributed by atoms with Gasteiger partial charge in [-0.2, -0.15) is 0 Å². The maximum absolute atomic E-state index is 12.3. The Labute approximate surface area is 131 Å². The van der Waals surface area contributed by atoms with Crippen molar-refractivity contribution in [1.82, 2.24) is 10.0 Å². The second-order valence-electron chi connectivity index (χ2n) is 5.37. The van der Waals surface area contributed by atoms with Crippen molar-refractivity contribution in [2.75, 3.05) is 19.7 Å². The van der Waals surface area contributed by atoms with Crippen LogP contribution in [0.25, 0.3) is 0 Å². The van der Waals surface area contributed by atoms with Crippen molar-refractivity contribution in [2.24, 2.45) is 0 Å². The summed E-state index contributed by atoms with van der Waals surface area (Å²) in [5.74, 6) is 0.813. The first-order valence-electron chi connectivity index (χ1n) is 7.14. The summed E-state index contributed by atoms with van der Waals surface area (Å²) >= 11 is 0. The first-order valence-corrected chi connectivity index (χ1v) is 8.62. The Bertz CT molecular complexity index is 586. The summed E-state index contributed by atoms with van der Waals surface area (Å²) in [6, 6.07) is 5.37. The van der Waals surface area contributed by atoms with Crippen LogP contribution in [0.1, 0.15) is 24.8 Å². The topological polar surface area (TPSA) is 67.4 Å². The molecule has 1 unspecified atom stereocenters. The summed E-state index contributed by atoms with van der Waals surface area (Å²) in [5.41, 5.74) is 0.984. The van der Waals surface area contributed by atoms with E-state index in [1.807, 2.05) is 0 Å². The highest BCUT2D eigenvalue weighted by Gasteiger charge is 2.21. The fraction of sp³-hybridized carbons (Fsp3) is 0.571. The molecule has 5 nitrogen and oxygen atoms in total. The first kappa shape index (κ1) is 16.5. The normalized spacial score (nSPS) is 21.2. The average molecular weight is 333 g/mol. The SMILES string of the molecule is Cl.O=S(=O)(NCC1CCCN1)c1ccc2c(c1)CCCO2. The predicted molar refractivity (Wildman–Crippen MR) is 83.7 cm³/mol. The lowest BCUT2D eigenvalue weighted by Crippen LogP contribution is -2.37. The lowest BCUT2D eigenvalue weighted by atomic mass is 10.1. The van der Waals surface area contributed by atoms with Gasteiger partial charge < -0.3 is 10.1 Å². The highest BCUT2D eigenvalue weighted by Crippen LogP contribution is 2.27. The standard InChI is InChI=1S/C14H20N2O3S.ClH/c17-20(18,16-10-12-4-1-7-15-12)13-5-6-14-11(9-13)3-2-8-19-14;/h5-6,9,12,15-16H,1-4,7-8,10H2;1H. The van der Waals surface area contributed by atoms with E-state index in [2.05, 4.69) is 10.0 Å². The molecule has 3 rings (SSSR count). The zero-order chi connectivity index (χ0) is 14.0. The molecule has 118 valence electrons. The van der Waals surface area contributed by atoms with E-state index in [0.29, 0.717) is 18.0 Å². The van der Waals surface area contributed by atoms with E-state index in [-0.39, 0.29) is 18.4 Å². The number of hydrogen-bond donors (Lipinski definition) is 2. The summed E-state index contributed by atoms with van der Waals surface area (Å²) in [4.78, 5) is 0.333. The number of rotatable bonds is 4. The van der Waals surface area contributed by atoms with Crippen molar-refractivity contribution in [3.8, 4) is 5.75 Å².